The summed E-state index contributed by atoms with van der Waals surface area (Å²) in [5, 5.41) is 6.82. The van der Waals surface area contributed by atoms with E-state index in [1.54, 1.807) is 12.1 Å². The number of carbonyl (C=O) groups excluding carboxylic acids is 2. The zero-order valence-electron chi connectivity index (χ0n) is 16.2. The van der Waals surface area contributed by atoms with Gasteiger partial charge >= 0.3 is 0 Å². The highest BCUT2D eigenvalue weighted by Crippen LogP contribution is 2.20. The fourth-order valence-corrected chi connectivity index (χ4v) is 3.21. The van der Waals surface area contributed by atoms with Gasteiger partial charge in [0.1, 0.15) is 11.5 Å². The Labute approximate surface area is 180 Å². The minimum absolute atomic E-state index is 0.0194. The van der Waals surface area contributed by atoms with Crippen LogP contribution in [0.3, 0.4) is 0 Å². The molecule has 1 N–H and O–H groups in total. The van der Waals surface area contributed by atoms with Gasteiger partial charge in [-0.2, -0.15) is 9.78 Å². The molecule has 2 aromatic carbocycles. The molecule has 0 aliphatic heterocycles. The molecule has 3 rings (SSSR count). The van der Waals surface area contributed by atoms with Gasteiger partial charge in [-0.1, -0.05) is 15.9 Å². The maximum atomic E-state index is 13.1. The van der Waals surface area contributed by atoms with Crippen molar-refractivity contribution < 1.29 is 14.0 Å². The molecule has 9 heteroatoms. The summed E-state index contributed by atoms with van der Waals surface area (Å²) in [5.74, 6) is -1.36. The molecule has 0 aliphatic carbocycles. The summed E-state index contributed by atoms with van der Waals surface area (Å²) in [6.45, 7) is 1.66. The molecule has 0 unspecified atom stereocenters. The van der Waals surface area contributed by atoms with Gasteiger partial charge in [0.05, 0.1) is 12.2 Å². The third kappa shape index (κ3) is 4.98. The molecule has 7 nitrogen and oxygen atoms in total. The van der Waals surface area contributed by atoms with E-state index in [2.05, 4.69) is 26.3 Å². The van der Waals surface area contributed by atoms with Gasteiger partial charge in [0, 0.05) is 23.3 Å². The van der Waals surface area contributed by atoms with Gasteiger partial charge in [-0.15, -0.1) is 0 Å². The van der Waals surface area contributed by atoms with Crippen LogP contribution in [0.1, 0.15) is 16.1 Å². The van der Waals surface area contributed by atoms with Crippen LogP contribution in [-0.4, -0.2) is 40.1 Å². The largest absolute Gasteiger partial charge is 0.331 e. The molecule has 0 radical (unpaired) electrons. The van der Waals surface area contributed by atoms with Gasteiger partial charge in [0.15, 0.2) is 0 Å². The van der Waals surface area contributed by atoms with E-state index in [1.165, 1.54) is 48.3 Å². The fraction of sp³-hybridized carbons (Fsp3) is 0.143. The van der Waals surface area contributed by atoms with E-state index < -0.39 is 17.3 Å². The van der Waals surface area contributed by atoms with Gasteiger partial charge in [-0.05, 0) is 61.0 Å². The van der Waals surface area contributed by atoms with Gasteiger partial charge < -0.3 is 10.2 Å². The van der Waals surface area contributed by atoms with E-state index >= 15 is 0 Å². The molecule has 154 valence electrons. The highest BCUT2D eigenvalue weighted by molar-refractivity contribution is 9.10. The first kappa shape index (κ1) is 21.4. The summed E-state index contributed by atoms with van der Waals surface area (Å²) < 4.78 is 15.0. The molecular formula is C21H18BrFN4O3. The van der Waals surface area contributed by atoms with Gasteiger partial charge in [0.2, 0.25) is 5.91 Å². The van der Waals surface area contributed by atoms with Crippen LogP contribution in [0.15, 0.2) is 63.9 Å². The van der Waals surface area contributed by atoms with Crippen LogP contribution >= 0.6 is 15.9 Å². The normalized spacial score (nSPS) is 10.5. The first-order chi connectivity index (χ1) is 14.2. The zero-order chi connectivity index (χ0) is 21.8. The van der Waals surface area contributed by atoms with Gasteiger partial charge in [-0.3, -0.25) is 14.4 Å². The first-order valence-electron chi connectivity index (χ1n) is 8.92. The summed E-state index contributed by atoms with van der Waals surface area (Å²) in [6.07, 6.45) is 0. The molecule has 2 amide bonds. The van der Waals surface area contributed by atoms with Crippen LogP contribution in [0, 0.1) is 12.7 Å². The minimum Gasteiger partial charge on any atom is -0.331 e. The highest BCUT2D eigenvalue weighted by atomic mass is 79.9. The number of carbonyl (C=O) groups is 2. The first-order valence-corrected chi connectivity index (χ1v) is 9.71. The second-order valence-electron chi connectivity index (χ2n) is 6.61. The standard InChI is InChI=1S/C21H18BrFN4O3/c1-13-11-14(22)3-8-17(13)24-19(28)12-26(2)21(30)18-9-10-20(29)27(25-18)16-6-4-15(23)5-7-16/h3-11H,12H2,1-2H3,(H,24,28). The van der Waals surface area contributed by atoms with Crippen LogP contribution < -0.4 is 10.9 Å². The number of rotatable bonds is 5. The molecule has 1 heterocycles. The lowest BCUT2D eigenvalue weighted by Crippen LogP contribution is -2.36. The Kier molecular flexibility index (Phi) is 6.41. The quantitative estimate of drug-likeness (QED) is 0.617. The lowest BCUT2D eigenvalue weighted by Gasteiger charge is -2.17. The summed E-state index contributed by atoms with van der Waals surface area (Å²) in [7, 11) is 1.46. The van der Waals surface area contributed by atoms with Crippen LogP contribution in [0.4, 0.5) is 10.1 Å². The number of hydrogen-bond donors (Lipinski definition) is 1. The maximum absolute atomic E-state index is 13.1. The van der Waals surface area contributed by atoms with Crippen molar-refractivity contribution in [1.82, 2.24) is 14.7 Å². The molecule has 0 saturated carbocycles. The fourth-order valence-electron chi connectivity index (χ4n) is 2.73. The number of aryl methyl sites for hydroxylation is 1. The molecule has 30 heavy (non-hydrogen) atoms. The van der Waals surface area contributed by atoms with Gasteiger partial charge in [0.25, 0.3) is 11.5 Å². The monoisotopic (exact) mass is 472 g/mol. The topological polar surface area (TPSA) is 84.3 Å². The second kappa shape index (κ2) is 9.00. The molecule has 0 saturated heterocycles. The summed E-state index contributed by atoms with van der Waals surface area (Å²) in [6, 6.07) is 13.1. The highest BCUT2D eigenvalue weighted by Gasteiger charge is 2.18. The SMILES string of the molecule is Cc1cc(Br)ccc1NC(=O)CN(C)C(=O)c1ccc(=O)n(-c2ccc(F)cc2)n1. The molecule has 0 bridgehead atoms. The smallest absolute Gasteiger partial charge is 0.274 e. The van der Waals surface area contributed by atoms with Gasteiger partial charge in [-0.25, -0.2) is 4.39 Å². The van der Waals surface area contributed by atoms with Crippen molar-refractivity contribution in [1.29, 1.82) is 0 Å². The number of amides is 2. The predicted molar refractivity (Wildman–Crippen MR) is 114 cm³/mol. The summed E-state index contributed by atoms with van der Waals surface area (Å²) >= 11 is 3.36. The Bertz CT molecular complexity index is 1160. The Hall–Kier alpha value is -3.33. The molecule has 3 aromatic rings. The van der Waals surface area contributed by atoms with E-state index in [9.17, 15) is 18.8 Å². The van der Waals surface area contributed by atoms with E-state index in [0.717, 1.165) is 14.7 Å². The number of likely N-dealkylation sites (N-methyl/N-ethyl adjacent to an activating group) is 1. The van der Waals surface area contributed by atoms with E-state index in [4.69, 9.17) is 0 Å². The average molecular weight is 473 g/mol. The number of hydrogen-bond acceptors (Lipinski definition) is 4. The summed E-state index contributed by atoms with van der Waals surface area (Å²) in [5.41, 5.74) is 1.35. The number of aromatic nitrogens is 2. The van der Waals surface area contributed by atoms with Crippen molar-refractivity contribution in [2.45, 2.75) is 6.92 Å². The lowest BCUT2D eigenvalue weighted by molar-refractivity contribution is -0.116. The van der Waals surface area contributed by atoms with E-state index in [1.807, 2.05) is 13.0 Å². The summed E-state index contributed by atoms with van der Waals surface area (Å²) in [4.78, 5) is 38.3. The molecular weight excluding hydrogens is 455 g/mol. The Morgan fingerprint density at radius 3 is 2.50 bits per heavy atom. The second-order valence-corrected chi connectivity index (χ2v) is 7.53. The molecule has 0 atom stereocenters. The van der Waals surface area contributed by atoms with Crippen LogP contribution in [0.2, 0.25) is 0 Å². The molecule has 0 fully saturated rings. The number of halogens is 2. The van der Waals surface area contributed by atoms with E-state index in [0.29, 0.717) is 11.4 Å². The third-order valence-corrected chi connectivity index (χ3v) is 4.77. The van der Waals surface area contributed by atoms with Crippen molar-refractivity contribution >= 4 is 33.4 Å². The lowest BCUT2D eigenvalue weighted by atomic mass is 10.2. The van der Waals surface area contributed by atoms with Crippen LogP contribution in [0.25, 0.3) is 5.69 Å². The number of benzene rings is 2. The Morgan fingerprint density at radius 1 is 1.13 bits per heavy atom. The molecule has 0 spiro atoms. The Morgan fingerprint density at radius 2 is 1.83 bits per heavy atom. The third-order valence-electron chi connectivity index (χ3n) is 4.28. The van der Waals surface area contributed by atoms with Crippen LogP contribution in [0.5, 0.6) is 0 Å². The maximum Gasteiger partial charge on any atom is 0.274 e. The molecule has 0 aliphatic rings. The van der Waals surface area contributed by atoms with Crippen molar-refractivity contribution in [3.8, 4) is 5.69 Å². The van der Waals surface area contributed by atoms with Crippen LogP contribution in [-0.2, 0) is 4.79 Å². The van der Waals surface area contributed by atoms with Crippen molar-refractivity contribution in [2.75, 3.05) is 18.9 Å². The number of anilines is 1. The number of nitrogens with one attached hydrogen (secondary N) is 1. The van der Waals surface area contributed by atoms with E-state index in [-0.39, 0.29) is 18.1 Å². The minimum atomic E-state index is -0.534. The van der Waals surface area contributed by atoms with Crippen molar-refractivity contribution in [3.63, 3.8) is 0 Å². The zero-order valence-corrected chi connectivity index (χ0v) is 17.8. The van der Waals surface area contributed by atoms with Crippen molar-refractivity contribution in [2.24, 2.45) is 0 Å². The predicted octanol–water partition coefficient (Wildman–Crippen LogP) is 3.15. The number of nitrogens with zero attached hydrogens (tertiary/aromatic N) is 3. The Balaban J connectivity index is 1.74. The van der Waals surface area contributed by atoms with Crippen molar-refractivity contribution in [3.05, 3.63) is 86.5 Å². The molecule has 1 aromatic heterocycles. The average Bonchev–Trinajstić information content (AvgIpc) is 2.70.